The van der Waals surface area contributed by atoms with Crippen LogP contribution in [0.3, 0.4) is 0 Å². The van der Waals surface area contributed by atoms with Crippen LogP contribution in [0.4, 0.5) is 0 Å². The summed E-state index contributed by atoms with van der Waals surface area (Å²) in [6.07, 6.45) is 0.0163. The lowest BCUT2D eigenvalue weighted by atomic mass is 10.0. The zero-order valence-corrected chi connectivity index (χ0v) is 13.8. The van der Waals surface area contributed by atoms with Crippen molar-refractivity contribution in [1.82, 2.24) is 14.8 Å². The number of carbonyl (C=O) groups is 1. The van der Waals surface area contributed by atoms with Crippen molar-refractivity contribution in [3.63, 3.8) is 0 Å². The van der Waals surface area contributed by atoms with E-state index in [2.05, 4.69) is 10.2 Å². The van der Waals surface area contributed by atoms with Crippen LogP contribution in [0.1, 0.15) is 10.5 Å². The molecule has 0 bridgehead atoms. The number of aryl methyl sites for hydroxylation is 1. The average molecular weight is 339 g/mol. The fourth-order valence-electron chi connectivity index (χ4n) is 3.45. The van der Waals surface area contributed by atoms with Crippen LogP contribution in [0.5, 0.6) is 0 Å². The summed E-state index contributed by atoms with van der Waals surface area (Å²) in [5.41, 5.74) is 0.565. The third-order valence-electron chi connectivity index (χ3n) is 4.75. The molecule has 2 aliphatic heterocycles. The van der Waals surface area contributed by atoms with E-state index < -0.39 is 12.2 Å². The molecule has 0 unspecified atom stereocenters. The number of carbonyl (C=O) groups excluding carboxylic acids is 1. The van der Waals surface area contributed by atoms with Gasteiger partial charge in [0.05, 0.1) is 32.0 Å². The summed E-state index contributed by atoms with van der Waals surface area (Å²) in [7, 11) is 1.81. The van der Waals surface area contributed by atoms with Crippen molar-refractivity contribution in [1.29, 1.82) is 0 Å². The molecule has 3 N–H and O–H groups in total. The van der Waals surface area contributed by atoms with Crippen LogP contribution in [0, 0.1) is 0 Å². The minimum Gasteiger partial charge on any atom is -0.394 e. The summed E-state index contributed by atoms with van der Waals surface area (Å²) in [5, 5.41) is 22.8. The van der Waals surface area contributed by atoms with Gasteiger partial charge in [0.2, 0.25) is 0 Å². The second-order valence-corrected chi connectivity index (χ2v) is 6.24. The number of ether oxygens (including phenoxy) is 2. The van der Waals surface area contributed by atoms with Gasteiger partial charge in [-0.25, -0.2) is 0 Å². The third-order valence-corrected chi connectivity index (χ3v) is 4.75. The lowest BCUT2D eigenvalue weighted by Crippen LogP contribution is -2.54. The van der Waals surface area contributed by atoms with Gasteiger partial charge < -0.3 is 29.6 Å². The Balaban J connectivity index is 1.65. The summed E-state index contributed by atoms with van der Waals surface area (Å²) in [6.45, 7) is 2.64. The van der Waals surface area contributed by atoms with Gasteiger partial charge in [-0.1, -0.05) is 0 Å². The maximum atomic E-state index is 12.3. The fourth-order valence-corrected chi connectivity index (χ4v) is 3.45. The number of aliphatic hydroxyl groups excluding tert-OH is 2. The van der Waals surface area contributed by atoms with E-state index in [0.717, 1.165) is 0 Å². The zero-order chi connectivity index (χ0) is 17.1. The molecule has 1 amide bonds. The number of aromatic nitrogens is 1. The molecule has 0 spiro atoms. The second kappa shape index (κ2) is 7.62. The zero-order valence-electron chi connectivity index (χ0n) is 13.8. The Hall–Kier alpha value is -1.45. The van der Waals surface area contributed by atoms with E-state index in [1.165, 1.54) is 0 Å². The summed E-state index contributed by atoms with van der Waals surface area (Å²) >= 11 is 0. The molecule has 8 heteroatoms. The third kappa shape index (κ3) is 3.47. The first-order valence-corrected chi connectivity index (χ1v) is 8.27. The smallest absolute Gasteiger partial charge is 0.267 e. The Labute approximate surface area is 141 Å². The Morgan fingerprint density at radius 2 is 2.12 bits per heavy atom. The molecule has 24 heavy (non-hydrogen) atoms. The van der Waals surface area contributed by atoms with Gasteiger partial charge in [-0.05, 0) is 12.1 Å². The predicted molar refractivity (Wildman–Crippen MR) is 85.7 cm³/mol. The van der Waals surface area contributed by atoms with Gasteiger partial charge in [0.1, 0.15) is 17.9 Å². The highest BCUT2D eigenvalue weighted by Gasteiger charge is 2.46. The van der Waals surface area contributed by atoms with Gasteiger partial charge in [0.15, 0.2) is 0 Å². The summed E-state index contributed by atoms with van der Waals surface area (Å²) in [6, 6.07) is 3.29. The van der Waals surface area contributed by atoms with Crippen LogP contribution < -0.4 is 5.32 Å². The molecule has 1 aromatic heterocycles. The molecule has 134 valence electrons. The summed E-state index contributed by atoms with van der Waals surface area (Å²) in [5.74, 6) is -0.186. The second-order valence-electron chi connectivity index (χ2n) is 6.24. The van der Waals surface area contributed by atoms with Crippen molar-refractivity contribution in [2.75, 3.05) is 39.5 Å². The molecule has 1 aromatic rings. The monoisotopic (exact) mass is 339 g/mol. The number of amides is 1. The SMILES string of the molecule is Cn1cccc1C(=O)NC[C@@H]1O[C@@H](CO)[C@@H](O)[C@H]1N1CCOCC1. The van der Waals surface area contributed by atoms with Gasteiger partial charge in [0.25, 0.3) is 5.91 Å². The summed E-state index contributed by atoms with van der Waals surface area (Å²) < 4.78 is 12.9. The van der Waals surface area contributed by atoms with Gasteiger partial charge in [-0.2, -0.15) is 0 Å². The number of nitrogens with one attached hydrogen (secondary N) is 1. The highest BCUT2D eigenvalue weighted by molar-refractivity contribution is 5.92. The molecule has 0 aliphatic carbocycles. The standard InChI is InChI=1S/C16H25N3O5/c1-18-4-2-3-11(18)16(22)17-9-12-14(15(21)13(10-20)24-12)19-5-7-23-8-6-19/h2-4,12-15,20-21H,5-10H2,1H3,(H,17,22)/t12-,13-,14-,15+/m0/s1. The maximum Gasteiger partial charge on any atom is 0.267 e. The van der Waals surface area contributed by atoms with E-state index >= 15 is 0 Å². The van der Waals surface area contributed by atoms with Crippen molar-refractivity contribution in [3.05, 3.63) is 24.0 Å². The highest BCUT2D eigenvalue weighted by atomic mass is 16.5. The molecule has 0 radical (unpaired) electrons. The van der Waals surface area contributed by atoms with Crippen LogP contribution in [0.2, 0.25) is 0 Å². The summed E-state index contributed by atoms with van der Waals surface area (Å²) in [4.78, 5) is 14.4. The molecule has 2 saturated heterocycles. The molecule has 3 rings (SSSR count). The van der Waals surface area contributed by atoms with Gasteiger partial charge >= 0.3 is 0 Å². The lowest BCUT2D eigenvalue weighted by molar-refractivity contribution is -0.0220. The number of aliphatic hydroxyl groups is 2. The minimum atomic E-state index is -0.787. The van der Waals surface area contributed by atoms with Crippen molar-refractivity contribution in [3.8, 4) is 0 Å². The number of hydrogen-bond acceptors (Lipinski definition) is 6. The van der Waals surface area contributed by atoms with Gasteiger partial charge in [-0.3, -0.25) is 9.69 Å². The quantitative estimate of drug-likeness (QED) is 0.609. The largest absolute Gasteiger partial charge is 0.394 e. The molecule has 2 fully saturated rings. The molecular formula is C16H25N3O5. The van der Waals surface area contributed by atoms with Gasteiger partial charge in [-0.15, -0.1) is 0 Å². The minimum absolute atomic E-state index is 0.186. The molecule has 8 nitrogen and oxygen atoms in total. The topological polar surface area (TPSA) is 96.2 Å². The normalized spacial score (nSPS) is 31.3. The van der Waals surface area contributed by atoms with Crippen molar-refractivity contribution in [2.24, 2.45) is 7.05 Å². The number of rotatable bonds is 5. The van der Waals surface area contributed by atoms with Crippen LogP contribution in [-0.4, -0.2) is 89.4 Å². The molecule has 4 atom stereocenters. The Kier molecular flexibility index (Phi) is 5.52. The van der Waals surface area contributed by atoms with Crippen molar-refractivity contribution >= 4 is 5.91 Å². The molecule has 2 aliphatic rings. The lowest BCUT2D eigenvalue weighted by Gasteiger charge is -2.36. The first-order valence-electron chi connectivity index (χ1n) is 8.27. The molecule has 0 aromatic carbocycles. The number of hydrogen-bond donors (Lipinski definition) is 3. The van der Waals surface area contributed by atoms with E-state index in [1.54, 1.807) is 10.6 Å². The van der Waals surface area contributed by atoms with Crippen LogP contribution in [0.25, 0.3) is 0 Å². The molecular weight excluding hydrogens is 314 g/mol. The van der Waals surface area contributed by atoms with E-state index in [-0.39, 0.29) is 31.2 Å². The average Bonchev–Trinajstić information content (AvgIpc) is 3.16. The van der Waals surface area contributed by atoms with E-state index in [4.69, 9.17) is 9.47 Å². The van der Waals surface area contributed by atoms with Crippen LogP contribution >= 0.6 is 0 Å². The van der Waals surface area contributed by atoms with Gasteiger partial charge in [0, 0.05) is 32.9 Å². The van der Waals surface area contributed by atoms with E-state index in [1.807, 2.05) is 19.3 Å². The fraction of sp³-hybridized carbons (Fsp3) is 0.688. The van der Waals surface area contributed by atoms with E-state index in [0.29, 0.717) is 32.0 Å². The first-order chi connectivity index (χ1) is 11.6. The Bertz CT molecular complexity index is 558. The van der Waals surface area contributed by atoms with E-state index in [9.17, 15) is 15.0 Å². The van der Waals surface area contributed by atoms with Crippen molar-refractivity contribution < 1.29 is 24.5 Å². The molecule has 3 heterocycles. The Morgan fingerprint density at radius 3 is 2.75 bits per heavy atom. The van der Waals surface area contributed by atoms with Crippen molar-refractivity contribution in [2.45, 2.75) is 24.4 Å². The van der Waals surface area contributed by atoms with Crippen LogP contribution in [0.15, 0.2) is 18.3 Å². The van der Waals surface area contributed by atoms with Crippen LogP contribution in [-0.2, 0) is 16.5 Å². The highest BCUT2D eigenvalue weighted by Crippen LogP contribution is 2.26. The number of nitrogens with zero attached hydrogens (tertiary/aromatic N) is 2. The Morgan fingerprint density at radius 1 is 1.38 bits per heavy atom. The predicted octanol–water partition coefficient (Wildman–Crippen LogP) is -1.42. The number of morpholine rings is 1. The first kappa shape index (κ1) is 17.4. The molecule has 0 saturated carbocycles. The maximum absolute atomic E-state index is 12.3.